The topological polar surface area (TPSA) is 122 Å². The Hall–Kier alpha value is -3.34. The molecule has 10 nitrogen and oxygen atoms in total. The average Bonchev–Trinajstić information content (AvgIpc) is 2.76. The summed E-state index contributed by atoms with van der Waals surface area (Å²) in [5.41, 5.74) is 1.53. The van der Waals surface area contributed by atoms with Crippen molar-refractivity contribution >= 4 is 33.0 Å². The first-order chi connectivity index (χ1) is 15.1. The normalized spacial score (nSPS) is 11.0. The maximum absolute atomic E-state index is 12.5. The van der Waals surface area contributed by atoms with Gasteiger partial charge in [-0.05, 0) is 37.6 Å². The van der Waals surface area contributed by atoms with Crippen LogP contribution >= 0.6 is 0 Å². The van der Waals surface area contributed by atoms with Gasteiger partial charge in [-0.25, -0.2) is 8.42 Å². The number of anilines is 2. The number of nitrogens with zero attached hydrogens (tertiary/aromatic N) is 3. The molecule has 0 aliphatic rings. The molecule has 0 aliphatic heterocycles. The number of hydrogen-bond acceptors (Lipinski definition) is 7. The van der Waals surface area contributed by atoms with E-state index in [0.29, 0.717) is 0 Å². The largest absolute Gasteiger partial charge is 0.495 e. The van der Waals surface area contributed by atoms with Crippen LogP contribution in [0.5, 0.6) is 5.75 Å². The van der Waals surface area contributed by atoms with E-state index in [0.717, 1.165) is 41.0 Å². The van der Waals surface area contributed by atoms with Crippen molar-refractivity contribution < 1.29 is 22.9 Å². The predicted molar refractivity (Wildman–Crippen MR) is 124 cm³/mol. The van der Waals surface area contributed by atoms with E-state index in [4.69, 9.17) is 4.74 Å². The third kappa shape index (κ3) is 6.33. The standard InChI is InChI=1S/C21H28N4O6S/c1-5-23(6-2)17-9-7-16(8-10-17)14-22-21(26)15-24(32(4,29)30)19-13-18(25(27)28)11-12-20(19)31-3/h7-13H,5-6,14-15H2,1-4H3,(H,22,26). The molecule has 11 heteroatoms. The first-order valence-corrected chi connectivity index (χ1v) is 11.9. The highest BCUT2D eigenvalue weighted by Gasteiger charge is 2.26. The van der Waals surface area contributed by atoms with Crippen LogP contribution in [-0.4, -0.2) is 52.2 Å². The minimum Gasteiger partial charge on any atom is -0.495 e. The smallest absolute Gasteiger partial charge is 0.271 e. The Balaban J connectivity index is 2.17. The molecule has 2 rings (SSSR count). The number of sulfonamides is 1. The third-order valence-corrected chi connectivity index (χ3v) is 6.01. The molecule has 0 bridgehead atoms. The summed E-state index contributed by atoms with van der Waals surface area (Å²) < 4.78 is 30.7. The monoisotopic (exact) mass is 464 g/mol. The SMILES string of the molecule is CCN(CC)c1ccc(CNC(=O)CN(c2cc([N+](=O)[O-])ccc2OC)S(C)(=O)=O)cc1. The minimum absolute atomic E-state index is 0.0806. The lowest BCUT2D eigenvalue weighted by Gasteiger charge is -2.23. The lowest BCUT2D eigenvalue weighted by Crippen LogP contribution is -2.40. The van der Waals surface area contributed by atoms with Gasteiger partial charge in [-0.2, -0.15) is 0 Å². The van der Waals surface area contributed by atoms with Crippen molar-refractivity contribution in [1.29, 1.82) is 0 Å². The van der Waals surface area contributed by atoms with E-state index in [1.54, 1.807) is 0 Å². The molecule has 0 aromatic heterocycles. The number of ether oxygens (including phenoxy) is 1. The highest BCUT2D eigenvalue weighted by molar-refractivity contribution is 7.92. The van der Waals surface area contributed by atoms with Gasteiger partial charge in [-0.3, -0.25) is 19.2 Å². The lowest BCUT2D eigenvalue weighted by atomic mass is 10.2. The highest BCUT2D eigenvalue weighted by atomic mass is 32.2. The molecule has 0 fully saturated rings. The number of nitro groups is 1. The summed E-state index contributed by atoms with van der Waals surface area (Å²) in [7, 11) is -2.62. The van der Waals surface area contributed by atoms with E-state index >= 15 is 0 Å². The van der Waals surface area contributed by atoms with Crippen molar-refractivity contribution in [2.45, 2.75) is 20.4 Å². The summed E-state index contributed by atoms with van der Waals surface area (Å²) in [5, 5.41) is 13.8. The van der Waals surface area contributed by atoms with Crippen molar-refractivity contribution in [3.63, 3.8) is 0 Å². The Morgan fingerprint density at radius 2 is 1.75 bits per heavy atom. The van der Waals surface area contributed by atoms with Crippen LogP contribution in [0, 0.1) is 10.1 Å². The predicted octanol–water partition coefficient (Wildman–Crippen LogP) is 2.53. The molecule has 1 amide bonds. The first-order valence-electron chi connectivity index (χ1n) is 10.0. The Labute approximate surface area is 188 Å². The van der Waals surface area contributed by atoms with E-state index in [2.05, 4.69) is 24.1 Å². The van der Waals surface area contributed by atoms with Crippen LogP contribution in [0.4, 0.5) is 17.1 Å². The summed E-state index contributed by atoms with van der Waals surface area (Å²) >= 11 is 0. The Morgan fingerprint density at radius 3 is 2.25 bits per heavy atom. The highest BCUT2D eigenvalue weighted by Crippen LogP contribution is 2.33. The maximum Gasteiger partial charge on any atom is 0.271 e. The molecule has 0 saturated carbocycles. The number of non-ortho nitro benzene ring substituents is 1. The number of carbonyl (C=O) groups is 1. The first kappa shape index (κ1) is 24.9. The van der Waals surface area contributed by atoms with Gasteiger partial charge in [0.15, 0.2) is 0 Å². The summed E-state index contributed by atoms with van der Waals surface area (Å²) in [6.45, 7) is 5.57. The molecule has 0 heterocycles. The fraction of sp³-hybridized carbons (Fsp3) is 0.381. The number of hydrogen-bond donors (Lipinski definition) is 1. The number of nitrogens with one attached hydrogen (secondary N) is 1. The fourth-order valence-electron chi connectivity index (χ4n) is 3.17. The molecule has 174 valence electrons. The molecule has 0 spiro atoms. The fourth-order valence-corrected chi connectivity index (χ4v) is 4.02. The van der Waals surface area contributed by atoms with E-state index in [-0.39, 0.29) is 23.7 Å². The van der Waals surface area contributed by atoms with Crippen LogP contribution in [0.2, 0.25) is 0 Å². The second kappa shape index (κ2) is 10.8. The van der Waals surface area contributed by atoms with Gasteiger partial charge in [0.2, 0.25) is 15.9 Å². The van der Waals surface area contributed by atoms with Gasteiger partial charge in [0.1, 0.15) is 18.0 Å². The minimum atomic E-state index is -3.93. The zero-order valence-corrected chi connectivity index (χ0v) is 19.4. The number of amides is 1. The summed E-state index contributed by atoms with van der Waals surface area (Å²) in [6.07, 6.45) is 0.921. The molecule has 2 aromatic rings. The Bertz CT molecular complexity index is 1050. The molecule has 1 N–H and O–H groups in total. The number of carbonyl (C=O) groups excluding carboxylic acids is 1. The molecular weight excluding hydrogens is 436 g/mol. The summed E-state index contributed by atoms with van der Waals surface area (Å²) in [4.78, 5) is 25.2. The van der Waals surface area contributed by atoms with Crippen LogP contribution in [0.1, 0.15) is 19.4 Å². The van der Waals surface area contributed by atoms with E-state index in [9.17, 15) is 23.3 Å². The van der Waals surface area contributed by atoms with Crippen LogP contribution in [-0.2, 0) is 21.4 Å². The number of nitro benzene ring substituents is 1. The van der Waals surface area contributed by atoms with Gasteiger partial charge in [-0.15, -0.1) is 0 Å². The molecule has 0 aliphatic carbocycles. The van der Waals surface area contributed by atoms with Crippen LogP contribution in [0.3, 0.4) is 0 Å². The van der Waals surface area contributed by atoms with Gasteiger partial charge in [0, 0.05) is 37.5 Å². The molecule has 0 saturated heterocycles. The molecule has 0 unspecified atom stereocenters. The average molecular weight is 465 g/mol. The molecule has 32 heavy (non-hydrogen) atoms. The van der Waals surface area contributed by atoms with Gasteiger partial charge < -0.3 is 15.0 Å². The zero-order valence-electron chi connectivity index (χ0n) is 18.6. The zero-order chi connectivity index (χ0) is 23.9. The Morgan fingerprint density at radius 1 is 1.12 bits per heavy atom. The van der Waals surface area contributed by atoms with Gasteiger partial charge in [-0.1, -0.05) is 12.1 Å². The van der Waals surface area contributed by atoms with Gasteiger partial charge >= 0.3 is 0 Å². The van der Waals surface area contributed by atoms with Gasteiger partial charge in [0.25, 0.3) is 5.69 Å². The quantitative estimate of drug-likeness (QED) is 0.400. The molecule has 0 atom stereocenters. The Kier molecular flexibility index (Phi) is 8.41. The molecule has 2 aromatic carbocycles. The van der Waals surface area contributed by atoms with Crippen LogP contribution in [0.25, 0.3) is 0 Å². The second-order valence-electron chi connectivity index (χ2n) is 7.00. The second-order valence-corrected chi connectivity index (χ2v) is 8.91. The maximum atomic E-state index is 12.5. The summed E-state index contributed by atoms with van der Waals surface area (Å²) in [6, 6.07) is 11.3. The van der Waals surface area contributed by atoms with Crippen molar-refractivity contribution in [2.24, 2.45) is 0 Å². The van der Waals surface area contributed by atoms with Crippen molar-refractivity contribution in [1.82, 2.24) is 5.32 Å². The number of rotatable bonds is 11. The number of benzene rings is 2. The molecular formula is C21H28N4O6S. The number of methoxy groups -OCH3 is 1. The van der Waals surface area contributed by atoms with E-state index < -0.39 is 27.4 Å². The van der Waals surface area contributed by atoms with Crippen molar-refractivity contribution in [2.75, 3.05) is 42.2 Å². The van der Waals surface area contributed by atoms with Gasteiger partial charge in [0.05, 0.1) is 18.3 Å². The van der Waals surface area contributed by atoms with Crippen LogP contribution in [0.15, 0.2) is 42.5 Å². The van der Waals surface area contributed by atoms with E-state index in [1.165, 1.54) is 19.2 Å². The lowest BCUT2D eigenvalue weighted by molar-refractivity contribution is -0.384. The summed E-state index contributed by atoms with van der Waals surface area (Å²) in [5.74, 6) is -0.461. The molecule has 0 radical (unpaired) electrons. The van der Waals surface area contributed by atoms with Crippen molar-refractivity contribution in [3.05, 3.63) is 58.1 Å². The van der Waals surface area contributed by atoms with Crippen molar-refractivity contribution in [3.8, 4) is 5.75 Å². The van der Waals surface area contributed by atoms with Crippen LogP contribution < -0.4 is 19.3 Å². The third-order valence-electron chi connectivity index (χ3n) is 4.88. The van der Waals surface area contributed by atoms with E-state index in [1.807, 2.05) is 24.3 Å².